The lowest BCUT2D eigenvalue weighted by atomic mass is 10.2. The normalized spacial score (nSPS) is 10.3. The number of rotatable bonds is 4. The number of methoxy groups -OCH3 is 1. The van der Waals surface area contributed by atoms with Gasteiger partial charge in [0.2, 0.25) is 0 Å². The average Bonchev–Trinajstić information content (AvgIpc) is 2.35. The van der Waals surface area contributed by atoms with Crippen molar-refractivity contribution in [1.82, 2.24) is 0 Å². The van der Waals surface area contributed by atoms with Crippen molar-refractivity contribution in [1.29, 1.82) is 0 Å². The molecular formula is C15H17NO2. The predicted molar refractivity (Wildman–Crippen MR) is 72.8 cm³/mol. The van der Waals surface area contributed by atoms with E-state index in [4.69, 9.17) is 15.2 Å². The summed E-state index contributed by atoms with van der Waals surface area (Å²) in [5.74, 6) is 1.62. The van der Waals surface area contributed by atoms with Gasteiger partial charge in [-0.05, 0) is 36.8 Å². The molecule has 0 unspecified atom stereocenters. The van der Waals surface area contributed by atoms with E-state index in [-0.39, 0.29) is 0 Å². The molecular weight excluding hydrogens is 226 g/mol. The maximum atomic E-state index is 5.91. The summed E-state index contributed by atoms with van der Waals surface area (Å²) in [6.45, 7) is 2.51. The first-order chi connectivity index (χ1) is 8.70. The Kier molecular flexibility index (Phi) is 3.85. The van der Waals surface area contributed by atoms with Crippen LogP contribution in [0.2, 0.25) is 0 Å². The predicted octanol–water partition coefficient (Wildman–Crippen LogP) is 3.52. The summed E-state index contributed by atoms with van der Waals surface area (Å²) in [6, 6.07) is 13.5. The van der Waals surface area contributed by atoms with Gasteiger partial charge < -0.3 is 15.2 Å². The summed E-state index contributed by atoms with van der Waals surface area (Å²) in [4.78, 5) is 0. The van der Waals surface area contributed by atoms with Gasteiger partial charge in [0.1, 0.15) is 11.5 Å². The highest BCUT2D eigenvalue weighted by atomic mass is 16.5. The van der Waals surface area contributed by atoms with Crippen molar-refractivity contribution in [3.8, 4) is 11.5 Å². The summed E-state index contributed by atoms with van der Waals surface area (Å²) in [6.07, 6.45) is 0. The van der Waals surface area contributed by atoms with Gasteiger partial charge in [0.05, 0.1) is 6.61 Å². The molecule has 0 saturated heterocycles. The number of hydrogen-bond donors (Lipinski definition) is 1. The molecule has 18 heavy (non-hydrogen) atoms. The minimum Gasteiger partial charge on any atom is -0.457 e. The molecule has 0 saturated carbocycles. The van der Waals surface area contributed by atoms with E-state index in [1.54, 1.807) is 7.11 Å². The number of benzene rings is 2. The van der Waals surface area contributed by atoms with Crippen LogP contribution in [0.15, 0.2) is 42.5 Å². The molecule has 2 rings (SSSR count). The largest absolute Gasteiger partial charge is 0.457 e. The Morgan fingerprint density at radius 3 is 2.56 bits per heavy atom. The van der Waals surface area contributed by atoms with Crippen LogP contribution in [0.4, 0.5) is 5.69 Å². The summed E-state index contributed by atoms with van der Waals surface area (Å²) < 4.78 is 11.1. The summed E-state index contributed by atoms with van der Waals surface area (Å²) in [5, 5.41) is 0. The molecule has 0 atom stereocenters. The SMILES string of the molecule is COCc1ccccc1Oc1ccc(N)cc1C. The van der Waals surface area contributed by atoms with Gasteiger partial charge in [-0.1, -0.05) is 18.2 Å². The molecule has 0 radical (unpaired) electrons. The lowest BCUT2D eigenvalue weighted by molar-refractivity contribution is 0.182. The van der Waals surface area contributed by atoms with E-state index in [0.717, 1.165) is 28.3 Å². The zero-order chi connectivity index (χ0) is 13.0. The van der Waals surface area contributed by atoms with E-state index in [0.29, 0.717) is 6.61 Å². The summed E-state index contributed by atoms with van der Waals surface area (Å²) in [7, 11) is 1.67. The standard InChI is InChI=1S/C15H17NO2/c1-11-9-13(16)7-8-14(11)18-15-6-4-3-5-12(15)10-17-2/h3-9H,10,16H2,1-2H3. The van der Waals surface area contributed by atoms with Crippen molar-refractivity contribution in [2.75, 3.05) is 12.8 Å². The van der Waals surface area contributed by atoms with Crippen LogP contribution in [0.5, 0.6) is 11.5 Å². The Bertz CT molecular complexity index is 538. The van der Waals surface area contributed by atoms with Gasteiger partial charge >= 0.3 is 0 Å². The Labute approximate surface area is 107 Å². The number of anilines is 1. The second kappa shape index (κ2) is 5.56. The van der Waals surface area contributed by atoms with E-state index < -0.39 is 0 Å². The van der Waals surface area contributed by atoms with E-state index in [9.17, 15) is 0 Å². The number of aryl methyl sites for hydroxylation is 1. The topological polar surface area (TPSA) is 44.5 Å². The molecule has 2 N–H and O–H groups in total. The Balaban J connectivity index is 2.28. The molecule has 0 spiro atoms. The van der Waals surface area contributed by atoms with Crippen molar-refractivity contribution in [2.24, 2.45) is 0 Å². The van der Waals surface area contributed by atoms with Crippen molar-refractivity contribution >= 4 is 5.69 Å². The minimum atomic E-state index is 0.532. The highest BCUT2D eigenvalue weighted by molar-refractivity contribution is 5.49. The number of hydrogen-bond acceptors (Lipinski definition) is 3. The van der Waals surface area contributed by atoms with Crippen LogP contribution >= 0.6 is 0 Å². The monoisotopic (exact) mass is 243 g/mol. The fourth-order valence-corrected chi connectivity index (χ4v) is 1.78. The first-order valence-corrected chi connectivity index (χ1v) is 5.81. The number of nitrogens with two attached hydrogens (primary N) is 1. The van der Waals surface area contributed by atoms with Gasteiger partial charge in [-0.3, -0.25) is 0 Å². The third-order valence-electron chi connectivity index (χ3n) is 2.69. The van der Waals surface area contributed by atoms with Gasteiger partial charge in [0.15, 0.2) is 0 Å². The van der Waals surface area contributed by atoms with Gasteiger partial charge in [-0.2, -0.15) is 0 Å². The third-order valence-corrected chi connectivity index (χ3v) is 2.69. The first-order valence-electron chi connectivity index (χ1n) is 5.81. The number of para-hydroxylation sites is 1. The van der Waals surface area contributed by atoms with Crippen LogP contribution in [0.25, 0.3) is 0 Å². The molecule has 94 valence electrons. The van der Waals surface area contributed by atoms with Gasteiger partial charge in [-0.15, -0.1) is 0 Å². The molecule has 0 heterocycles. The number of ether oxygens (including phenoxy) is 2. The average molecular weight is 243 g/mol. The lowest BCUT2D eigenvalue weighted by Gasteiger charge is -2.12. The second-order valence-electron chi connectivity index (χ2n) is 4.17. The van der Waals surface area contributed by atoms with Crippen molar-refractivity contribution in [3.05, 3.63) is 53.6 Å². The lowest BCUT2D eigenvalue weighted by Crippen LogP contribution is -1.95. The molecule has 2 aromatic rings. The summed E-state index contributed by atoms with van der Waals surface area (Å²) >= 11 is 0. The fraction of sp³-hybridized carbons (Fsp3) is 0.200. The van der Waals surface area contributed by atoms with E-state index >= 15 is 0 Å². The molecule has 0 aliphatic carbocycles. The number of nitrogen functional groups attached to an aromatic ring is 1. The molecule has 3 heteroatoms. The Hall–Kier alpha value is -2.00. The second-order valence-corrected chi connectivity index (χ2v) is 4.17. The summed E-state index contributed by atoms with van der Waals surface area (Å²) in [5.41, 5.74) is 8.50. The molecule has 0 aliphatic rings. The van der Waals surface area contributed by atoms with Crippen LogP contribution < -0.4 is 10.5 Å². The zero-order valence-electron chi connectivity index (χ0n) is 10.6. The van der Waals surface area contributed by atoms with Crippen molar-refractivity contribution < 1.29 is 9.47 Å². The van der Waals surface area contributed by atoms with Crippen LogP contribution in [0.3, 0.4) is 0 Å². The van der Waals surface area contributed by atoms with E-state index in [2.05, 4.69) is 0 Å². The molecule has 0 bridgehead atoms. The van der Waals surface area contributed by atoms with Crippen molar-refractivity contribution in [2.45, 2.75) is 13.5 Å². The van der Waals surface area contributed by atoms with E-state index in [1.165, 1.54) is 0 Å². The Morgan fingerprint density at radius 1 is 1.06 bits per heavy atom. The molecule has 2 aromatic carbocycles. The smallest absolute Gasteiger partial charge is 0.132 e. The molecule has 0 fully saturated rings. The quantitative estimate of drug-likeness (QED) is 0.836. The molecule has 3 nitrogen and oxygen atoms in total. The maximum Gasteiger partial charge on any atom is 0.132 e. The van der Waals surface area contributed by atoms with Gasteiger partial charge in [-0.25, -0.2) is 0 Å². The zero-order valence-corrected chi connectivity index (χ0v) is 10.6. The fourth-order valence-electron chi connectivity index (χ4n) is 1.78. The van der Waals surface area contributed by atoms with Crippen LogP contribution in [-0.4, -0.2) is 7.11 Å². The highest BCUT2D eigenvalue weighted by Crippen LogP contribution is 2.29. The first kappa shape index (κ1) is 12.5. The van der Waals surface area contributed by atoms with E-state index in [1.807, 2.05) is 49.4 Å². The Morgan fingerprint density at radius 2 is 1.83 bits per heavy atom. The molecule has 0 aromatic heterocycles. The highest BCUT2D eigenvalue weighted by Gasteiger charge is 2.06. The molecule has 0 amide bonds. The van der Waals surface area contributed by atoms with Crippen molar-refractivity contribution in [3.63, 3.8) is 0 Å². The molecule has 0 aliphatic heterocycles. The van der Waals surface area contributed by atoms with Gasteiger partial charge in [0.25, 0.3) is 0 Å². The van der Waals surface area contributed by atoms with Crippen LogP contribution in [0, 0.1) is 6.92 Å². The maximum absolute atomic E-state index is 5.91. The van der Waals surface area contributed by atoms with Crippen LogP contribution in [0.1, 0.15) is 11.1 Å². The van der Waals surface area contributed by atoms with Crippen LogP contribution in [-0.2, 0) is 11.3 Å². The minimum absolute atomic E-state index is 0.532. The van der Waals surface area contributed by atoms with Gasteiger partial charge in [0, 0.05) is 18.4 Å². The third kappa shape index (κ3) is 2.81.